The Morgan fingerprint density at radius 3 is 2.32 bits per heavy atom. The molecule has 4 amide bonds. The first-order chi connectivity index (χ1) is 18.4. The van der Waals surface area contributed by atoms with E-state index in [4.69, 9.17) is 4.74 Å². The number of hydrogen-bond donors (Lipinski definition) is 1. The molecule has 0 aromatic heterocycles. The molecule has 5 rings (SSSR count). The lowest BCUT2D eigenvalue weighted by atomic mass is 10.1. The predicted octanol–water partition coefficient (Wildman–Crippen LogP) is 4.87. The third kappa shape index (κ3) is 4.87. The van der Waals surface area contributed by atoms with Crippen LogP contribution in [0, 0.1) is 0 Å². The molecule has 0 saturated carbocycles. The summed E-state index contributed by atoms with van der Waals surface area (Å²) in [6.07, 6.45) is 1.41. The molecular formula is C30H22N2O6. The number of ether oxygens (including phenoxy) is 2. The number of rotatable bonds is 6. The monoisotopic (exact) mass is 506 g/mol. The molecule has 1 N–H and O–H groups in total. The van der Waals surface area contributed by atoms with Crippen LogP contribution in [-0.4, -0.2) is 30.9 Å². The summed E-state index contributed by atoms with van der Waals surface area (Å²) in [5, 5.41) is 4.44. The number of methoxy groups -OCH3 is 1. The topological polar surface area (TPSA) is 102 Å². The van der Waals surface area contributed by atoms with Crippen molar-refractivity contribution < 1.29 is 28.7 Å². The number of amides is 4. The minimum Gasteiger partial charge on any atom is -0.489 e. The van der Waals surface area contributed by atoms with Crippen molar-refractivity contribution in [1.29, 1.82) is 0 Å². The van der Waals surface area contributed by atoms with Crippen molar-refractivity contribution in [2.75, 3.05) is 12.0 Å². The summed E-state index contributed by atoms with van der Waals surface area (Å²) >= 11 is 0. The van der Waals surface area contributed by atoms with Gasteiger partial charge in [0.25, 0.3) is 11.8 Å². The van der Waals surface area contributed by atoms with Crippen LogP contribution in [0.15, 0.2) is 96.6 Å². The molecule has 4 aromatic carbocycles. The molecule has 1 aliphatic rings. The number of carbonyl (C=O) groups excluding carboxylic acids is 4. The average Bonchev–Trinajstić information content (AvgIpc) is 2.94. The highest BCUT2D eigenvalue weighted by Crippen LogP contribution is 2.24. The Hall–Kier alpha value is -5.24. The fourth-order valence-electron chi connectivity index (χ4n) is 4.16. The number of nitrogens with one attached hydrogen (secondary N) is 1. The molecule has 8 nitrogen and oxygen atoms in total. The Morgan fingerprint density at radius 2 is 1.58 bits per heavy atom. The second-order valence-corrected chi connectivity index (χ2v) is 8.49. The fraction of sp³-hybridized carbons (Fsp3) is 0.0667. The summed E-state index contributed by atoms with van der Waals surface area (Å²) in [6.45, 7) is 0.383. The van der Waals surface area contributed by atoms with Gasteiger partial charge < -0.3 is 9.47 Å². The van der Waals surface area contributed by atoms with Crippen molar-refractivity contribution in [3.8, 4) is 5.75 Å². The third-order valence-electron chi connectivity index (χ3n) is 6.11. The van der Waals surface area contributed by atoms with Gasteiger partial charge in [0.05, 0.1) is 18.4 Å². The lowest BCUT2D eigenvalue weighted by Gasteiger charge is -2.26. The Bertz CT molecular complexity index is 1580. The van der Waals surface area contributed by atoms with E-state index in [1.807, 2.05) is 24.3 Å². The van der Waals surface area contributed by atoms with Gasteiger partial charge >= 0.3 is 12.0 Å². The second-order valence-electron chi connectivity index (χ2n) is 8.49. The van der Waals surface area contributed by atoms with E-state index in [2.05, 4.69) is 28.3 Å². The number of anilines is 1. The van der Waals surface area contributed by atoms with E-state index in [1.54, 1.807) is 24.3 Å². The number of barbiturate groups is 1. The molecule has 4 aromatic rings. The van der Waals surface area contributed by atoms with Crippen LogP contribution >= 0.6 is 0 Å². The summed E-state index contributed by atoms with van der Waals surface area (Å²) in [4.78, 5) is 50.6. The van der Waals surface area contributed by atoms with E-state index in [0.29, 0.717) is 17.9 Å². The van der Waals surface area contributed by atoms with Crippen LogP contribution in [0.25, 0.3) is 16.8 Å². The van der Waals surface area contributed by atoms with Gasteiger partial charge in [-0.15, -0.1) is 0 Å². The van der Waals surface area contributed by atoms with Gasteiger partial charge in [-0.25, -0.2) is 14.5 Å². The molecule has 0 unspecified atom stereocenters. The maximum Gasteiger partial charge on any atom is 0.337 e. The molecule has 1 saturated heterocycles. The maximum atomic E-state index is 13.1. The highest BCUT2D eigenvalue weighted by molar-refractivity contribution is 6.39. The number of nitrogens with zero attached hydrogens (tertiary/aromatic N) is 1. The van der Waals surface area contributed by atoms with Crippen molar-refractivity contribution in [3.63, 3.8) is 0 Å². The molecule has 0 radical (unpaired) electrons. The smallest absolute Gasteiger partial charge is 0.337 e. The lowest BCUT2D eigenvalue weighted by Crippen LogP contribution is -2.54. The van der Waals surface area contributed by atoms with E-state index in [1.165, 1.54) is 37.5 Å². The molecule has 0 spiro atoms. The maximum absolute atomic E-state index is 13.1. The quantitative estimate of drug-likeness (QED) is 0.227. The van der Waals surface area contributed by atoms with Crippen LogP contribution in [0.3, 0.4) is 0 Å². The van der Waals surface area contributed by atoms with Gasteiger partial charge in [0.2, 0.25) is 0 Å². The molecule has 8 heteroatoms. The normalized spacial score (nSPS) is 14.5. The molecule has 0 atom stereocenters. The Morgan fingerprint density at radius 1 is 0.868 bits per heavy atom. The molecule has 188 valence electrons. The summed E-state index contributed by atoms with van der Waals surface area (Å²) in [7, 11) is 1.25. The first-order valence-electron chi connectivity index (χ1n) is 11.7. The van der Waals surface area contributed by atoms with Crippen LogP contribution in [0.1, 0.15) is 21.5 Å². The van der Waals surface area contributed by atoms with Crippen molar-refractivity contribution in [2.24, 2.45) is 0 Å². The van der Waals surface area contributed by atoms with Crippen LogP contribution in [0.4, 0.5) is 10.5 Å². The number of carbonyl (C=O) groups is 4. The van der Waals surface area contributed by atoms with E-state index < -0.39 is 23.8 Å². The second kappa shape index (κ2) is 10.4. The first kappa shape index (κ1) is 24.5. The number of benzene rings is 4. The number of esters is 1. The first-order valence-corrected chi connectivity index (χ1v) is 11.7. The average molecular weight is 507 g/mol. The van der Waals surface area contributed by atoms with Gasteiger partial charge in [0.15, 0.2) is 0 Å². The lowest BCUT2D eigenvalue weighted by molar-refractivity contribution is -0.122. The van der Waals surface area contributed by atoms with Crippen molar-refractivity contribution in [1.82, 2.24) is 5.32 Å². The Kier molecular flexibility index (Phi) is 6.69. The van der Waals surface area contributed by atoms with Gasteiger partial charge in [0, 0.05) is 0 Å². The molecule has 0 bridgehead atoms. The zero-order chi connectivity index (χ0) is 26.6. The number of fused-ring (bicyclic) bond motifs is 1. The van der Waals surface area contributed by atoms with Crippen LogP contribution in [0.2, 0.25) is 0 Å². The van der Waals surface area contributed by atoms with Gasteiger partial charge in [-0.3, -0.25) is 14.9 Å². The highest BCUT2D eigenvalue weighted by atomic mass is 16.5. The predicted molar refractivity (Wildman–Crippen MR) is 142 cm³/mol. The van der Waals surface area contributed by atoms with E-state index in [9.17, 15) is 19.2 Å². The molecular weight excluding hydrogens is 484 g/mol. The largest absolute Gasteiger partial charge is 0.489 e. The highest BCUT2D eigenvalue weighted by Gasteiger charge is 2.36. The number of urea groups is 1. The van der Waals surface area contributed by atoms with Gasteiger partial charge in [-0.1, -0.05) is 54.6 Å². The summed E-state index contributed by atoms with van der Waals surface area (Å²) in [6, 6.07) is 25.9. The minimum absolute atomic E-state index is 0.203. The number of hydrogen-bond acceptors (Lipinski definition) is 6. The molecule has 1 fully saturated rings. The molecule has 0 aliphatic carbocycles. The molecule has 1 heterocycles. The third-order valence-corrected chi connectivity index (χ3v) is 6.11. The van der Waals surface area contributed by atoms with E-state index in [-0.39, 0.29) is 16.8 Å². The van der Waals surface area contributed by atoms with Crippen molar-refractivity contribution in [3.05, 3.63) is 113 Å². The Balaban J connectivity index is 1.32. The molecule has 1 aliphatic heterocycles. The summed E-state index contributed by atoms with van der Waals surface area (Å²) in [5.41, 5.74) is 1.90. The van der Waals surface area contributed by atoms with Gasteiger partial charge in [-0.05, 0) is 64.4 Å². The van der Waals surface area contributed by atoms with Gasteiger partial charge in [-0.2, -0.15) is 0 Å². The minimum atomic E-state index is -0.875. The summed E-state index contributed by atoms with van der Waals surface area (Å²) in [5.74, 6) is -1.49. The van der Waals surface area contributed by atoms with E-state index in [0.717, 1.165) is 21.2 Å². The summed E-state index contributed by atoms with van der Waals surface area (Å²) < 4.78 is 10.6. The Labute approximate surface area is 218 Å². The standard InChI is InChI=1S/C30H22N2O6/c1-37-29(35)21-11-13-23(14-12-21)32-28(34)26(27(33)31-30(32)36)17-19-9-15-24(16-10-19)38-18-22-7-4-6-20-5-2-3-8-25(20)22/h2-17H,18H2,1H3,(H,31,33,36)/b26-17+. The zero-order valence-electron chi connectivity index (χ0n) is 20.3. The fourth-order valence-corrected chi connectivity index (χ4v) is 4.16. The van der Waals surface area contributed by atoms with Crippen LogP contribution < -0.4 is 15.0 Å². The zero-order valence-corrected chi connectivity index (χ0v) is 20.3. The van der Waals surface area contributed by atoms with Crippen LogP contribution in [-0.2, 0) is 20.9 Å². The molecule has 38 heavy (non-hydrogen) atoms. The van der Waals surface area contributed by atoms with E-state index >= 15 is 0 Å². The van der Waals surface area contributed by atoms with Gasteiger partial charge in [0.1, 0.15) is 17.9 Å². The van der Waals surface area contributed by atoms with Crippen molar-refractivity contribution >= 4 is 46.4 Å². The van der Waals surface area contributed by atoms with Crippen molar-refractivity contribution in [2.45, 2.75) is 6.61 Å². The van der Waals surface area contributed by atoms with Crippen LogP contribution in [0.5, 0.6) is 5.75 Å². The SMILES string of the molecule is COC(=O)c1ccc(N2C(=O)NC(=O)/C(=C\c3ccc(OCc4cccc5ccccc45)cc3)C2=O)cc1. The number of imide groups is 2.